The van der Waals surface area contributed by atoms with E-state index in [1.54, 1.807) is 6.20 Å². The Morgan fingerprint density at radius 3 is 2.33 bits per heavy atom. The Hall–Kier alpha value is -2.31. The van der Waals surface area contributed by atoms with Crippen LogP contribution in [0.25, 0.3) is 12.2 Å². The first kappa shape index (κ1) is 28.5. The second-order valence-corrected chi connectivity index (χ2v) is 15.3. The van der Waals surface area contributed by atoms with E-state index in [1.165, 1.54) is 16.7 Å². The van der Waals surface area contributed by atoms with Crippen molar-refractivity contribution in [1.82, 2.24) is 4.98 Å². The van der Waals surface area contributed by atoms with Crippen LogP contribution in [-0.2, 0) is 9.47 Å². The second kappa shape index (κ2) is 9.85. The molecule has 1 spiro atoms. The molecule has 42 heavy (non-hydrogen) atoms. The van der Waals surface area contributed by atoms with Crippen molar-refractivity contribution in [3.63, 3.8) is 0 Å². The number of aliphatic hydroxyl groups is 2. The first-order chi connectivity index (χ1) is 19.9. The molecule has 0 amide bonds. The number of aromatic nitrogens is 1. The molecule has 5 heteroatoms. The molecular weight excluding hydrogens is 522 g/mol. The summed E-state index contributed by atoms with van der Waals surface area (Å²) in [5, 5.41) is 24.1. The molecule has 1 aromatic carbocycles. The number of nitrogens with zero attached hydrogens (tertiary/aromatic N) is 1. The molecule has 5 nitrogen and oxygen atoms in total. The molecule has 5 aliphatic rings. The maximum Gasteiger partial charge on any atom is 0.171 e. The number of ether oxygens (including phenoxy) is 2. The third-order valence-corrected chi connectivity index (χ3v) is 11.9. The van der Waals surface area contributed by atoms with Gasteiger partial charge in [0.15, 0.2) is 5.79 Å². The minimum atomic E-state index is -0.898. The summed E-state index contributed by atoms with van der Waals surface area (Å²) in [5.74, 6) is 0.333. The van der Waals surface area contributed by atoms with Gasteiger partial charge in [-0.1, -0.05) is 68.8 Å². The molecule has 0 bridgehead atoms. The zero-order valence-corrected chi connectivity index (χ0v) is 25.7. The maximum absolute atomic E-state index is 12.4. The van der Waals surface area contributed by atoms with E-state index in [1.807, 2.05) is 12.3 Å². The molecular formula is C37H47NO4. The number of fused-ring (bicyclic) bond motifs is 4. The summed E-state index contributed by atoms with van der Waals surface area (Å²) >= 11 is 0. The predicted octanol–water partition coefficient (Wildman–Crippen LogP) is 7.30. The van der Waals surface area contributed by atoms with E-state index in [0.29, 0.717) is 31.5 Å². The fourth-order valence-corrected chi connectivity index (χ4v) is 9.28. The Bertz CT molecular complexity index is 1380. The Labute approximate surface area is 251 Å². The lowest BCUT2D eigenvalue weighted by Gasteiger charge is -2.58. The molecule has 7 rings (SSSR count). The average molecular weight is 570 g/mol. The Kier molecular flexibility index (Phi) is 6.68. The number of allylic oxidation sites excluding steroid dienone is 1. The highest BCUT2D eigenvalue weighted by atomic mass is 16.7. The van der Waals surface area contributed by atoms with E-state index >= 15 is 0 Å². The highest BCUT2D eigenvalue weighted by molar-refractivity contribution is 5.69. The quantitative estimate of drug-likeness (QED) is 0.380. The van der Waals surface area contributed by atoms with Crippen LogP contribution < -0.4 is 0 Å². The first-order valence-corrected chi connectivity index (χ1v) is 16.1. The van der Waals surface area contributed by atoms with E-state index < -0.39 is 17.0 Å². The summed E-state index contributed by atoms with van der Waals surface area (Å²) in [6, 6.07) is 13.0. The summed E-state index contributed by atoms with van der Waals surface area (Å²) in [6.45, 7) is 10.1. The van der Waals surface area contributed by atoms with Gasteiger partial charge < -0.3 is 19.7 Å². The number of hydrogen-bond acceptors (Lipinski definition) is 5. The predicted molar refractivity (Wildman–Crippen MR) is 165 cm³/mol. The van der Waals surface area contributed by atoms with Crippen molar-refractivity contribution in [2.24, 2.45) is 22.7 Å². The summed E-state index contributed by atoms with van der Waals surface area (Å²) in [6.07, 6.45) is 14.5. The molecule has 2 N–H and O–H groups in total. The van der Waals surface area contributed by atoms with Gasteiger partial charge in [-0.15, -0.1) is 0 Å². The highest BCUT2D eigenvalue weighted by Gasteiger charge is 2.63. The van der Waals surface area contributed by atoms with Crippen LogP contribution >= 0.6 is 0 Å². The Balaban J connectivity index is 1.25. The SMILES string of the molecule is CC1(C)COC2(CCC3=C4C(CC[C@@]3(O)C2)C2CCC(C)(O)C2(C)C[C@@H]4c2ccc(/C=C/c3cccnc3)cc2)OC1. The van der Waals surface area contributed by atoms with Crippen LogP contribution in [0.15, 0.2) is 59.9 Å². The molecule has 1 aromatic heterocycles. The van der Waals surface area contributed by atoms with Gasteiger partial charge in [-0.05, 0) is 85.6 Å². The summed E-state index contributed by atoms with van der Waals surface area (Å²) in [4.78, 5) is 4.22. The van der Waals surface area contributed by atoms with Crippen LogP contribution in [0.4, 0.5) is 0 Å². The van der Waals surface area contributed by atoms with Crippen LogP contribution in [0.5, 0.6) is 0 Å². The summed E-state index contributed by atoms with van der Waals surface area (Å²) in [5.41, 5.74) is 4.51. The lowest BCUT2D eigenvalue weighted by Crippen LogP contribution is -2.58. The third kappa shape index (κ3) is 4.63. The highest BCUT2D eigenvalue weighted by Crippen LogP contribution is 2.67. The smallest absolute Gasteiger partial charge is 0.171 e. The lowest BCUT2D eigenvalue weighted by atomic mass is 9.50. The monoisotopic (exact) mass is 569 g/mol. The van der Waals surface area contributed by atoms with Crippen LogP contribution in [0.3, 0.4) is 0 Å². The van der Waals surface area contributed by atoms with Gasteiger partial charge in [0.1, 0.15) is 0 Å². The van der Waals surface area contributed by atoms with E-state index in [-0.39, 0.29) is 16.7 Å². The molecule has 1 saturated heterocycles. The summed E-state index contributed by atoms with van der Waals surface area (Å²) < 4.78 is 12.8. The van der Waals surface area contributed by atoms with Gasteiger partial charge in [-0.3, -0.25) is 4.98 Å². The molecule has 4 aliphatic carbocycles. The van der Waals surface area contributed by atoms with Crippen LogP contribution in [0, 0.1) is 22.7 Å². The number of hydrogen-bond donors (Lipinski definition) is 2. The van der Waals surface area contributed by atoms with Gasteiger partial charge in [0, 0.05) is 42.0 Å². The minimum absolute atomic E-state index is 0.00193. The van der Waals surface area contributed by atoms with Crippen LogP contribution in [-0.4, -0.2) is 45.4 Å². The molecule has 2 heterocycles. The standard InChI is InChI=1S/C37H47NO4/c1-33(2)23-41-37(42-24-33)18-15-31-32-28(13-17-36(31,40)22-37)30-14-16-35(4,39)34(30,3)20-29(32)27-11-9-25(10-12-27)7-8-26-6-5-19-38-21-26/h5-12,19,21,28-30,39-40H,13-18,20,22-24H2,1-4H3/b8-7+/t28?,29-,30?,34?,35?,36-/m1/s1. The molecule has 224 valence electrons. The van der Waals surface area contributed by atoms with Crippen molar-refractivity contribution in [3.05, 3.63) is 76.6 Å². The first-order valence-electron chi connectivity index (χ1n) is 16.1. The molecule has 4 fully saturated rings. The minimum Gasteiger partial charge on any atom is -0.390 e. The zero-order chi connectivity index (χ0) is 29.4. The topological polar surface area (TPSA) is 71.8 Å². The molecule has 0 radical (unpaired) electrons. The molecule has 4 unspecified atom stereocenters. The van der Waals surface area contributed by atoms with E-state index in [2.05, 4.69) is 75.2 Å². The largest absolute Gasteiger partial charge is 0.390 e. The average Bonchev–Trinajstić information content (AvgIpc) is 3.21. The van der Waals surface area contributed by atoms with Crippen molar-refractivity contribution in [2.75, 3.05) is 13.2 Å². The Morgan fingerprint density at radius 2 is 1.62 bits per heavy atom. The van der Waals surface area contributed by atoms with Gasteiger partial charge >= 0.3 is 0 Å². The van der Waals surface area contributed by atoms with Gasteiger partial charge in [-0.2, -0.15) is 0 Å². The Morgan fingerprint density at radius 1 is 0.881 bits per heavy atom. The fraction of sp³-hybridized carbons (Fsp3) is 0.595. The van der Waals surface area contributed by atoms with Gasteiger partial charge in [0.05, 0.1) is 24.4 Å². The van der Waals surface area contributed by atoms with E-state index in [0.717, 1.165) is 56.1 Å². The second-order valence-electron chi connectivity index (χ2n) is 15.3. The number of rotatable bonds is 3. The lowest BCUT2D eigenvalue weighted by molar-refractivity contribution is -0.322. The molecule has 6 atom stereocenters. The molecule has 1 aliphatic heterocycles. The van der Waals surface area contributed by atoms with Crippen molar-refractivity contribution < 1.29 is 19.7 Å². The number of benzene rings is 1. The van der Waals surface area contributed by atoms with Crippen molar-refractivity contribution in [2.45, 2.75) is 102 Å². The molecule has 2 aromatic rings. The van der Waals surface area contributed by atoms with E-state index in [9.17, 15) is 10.2 Å². The van der Waals surface area contributed by atoms with Crippen molar-refractivity contribution >= 4 is 12.2 Å². The fourth-order valence-electron chi connectivity index (χ4n) is 9.28. The zero-order valence-electron chi connectivity index (χ0n) is 25.7. The van der Waals surface area contributed by atoms with Gasteiger partial charge in [0.25, 0.3) is 0 Å². The van der Waals surface area contributed by atoms with Crippen LogP contribution in [0.2, 0.25) is 0 Å². The number of pyridine rings is 1. The van der Waals surface area contributed by atoms with Gasteiger partial charge in [0.2, 0.25) is 0 Å². The summed E-state index contributed by atoms with van der Waals surface area (Å²) in [7, 11) is 0. The van der Waals surface area contributed by atoms with Crippen LogP contribution in [0.1, 0.15) is 102 Å². The van der Waals surface area contributed by atoms with Crippen molar-refractivity contribution in [3.8, 4) is 0 Å². The maximum atomic E-state index is 12.4. The van der Waals surface area contributed by atoms with Crippen molar-refractivity contribution in [1.29, 1.82) is 0 Å². The molecule has 3 saturated carbocycles. The van der Waals surface area contributed by atoms with E-state index in [4.69, 9.17) is 9.47 Å². The van der Waals surface area contributed by atoms with Gasteiger partial charge in [-0.25, -0.2) is 0 Å². The third-order valence-electron chi connectivity index (χ3n) is 11.9. The normalized spacial score (nSPS) is 38.8.